The molecule has 0 aliphatic carbocycles. The fourth-order valence-electron chi connectivity index (χ4n) is 2.73. The van der Waals surface area contributed by atoms with Crippen LogP contribution in [0.5, 0.6) is 11.5 Å². The van der Waals surface area contributed by atoms with Crippen molar-refractivity contribution in [2.45, 2.75) is 50.4 Å². The van der Waals surface area contributed by atoms with Crippen LogP contribution in [-0.2, 0) is 9.84 Å². The molecule has 2 rings (SSSR count). The standard InChI is InChI=1S/C20H28N2O4S/c1-13-10-17(25-6)18(26-7)11-16(13)14(2)22-15-8-9-19(21-12-15)27(23,24)20(3,4)5/h8-12,14,22H,1-7H3. The fraction of sp³-hybridized carbons (Fsp3) is 0.450. The summed E-state index contributed by atoms with van der Waals surface area (Å²) >= 11 is 0. The number of rotatable bonds is 6. The Kier molecular flexibility index (Phi) is 6.04. The normalized spacial score (nSPS) is 13.1. The van der Waals surface area contributed by atoms with E-state index in [1.54, 1.807) is 47.3 Å². The predicted octanol–water partition coefficient (Wildman–Crippen LogP) is 4.15. The van der Waals surface area contributed by atoms with Gasteiger partial charge in [-0.05, 0) is 70.0 Å². The van der Waals surface area contributed by atoms with Crippen LogP contribution in [0.25, 0.3) is 0 Å². The molecule has 6 nitrogen and oxygen atoms in total. The van der Waals surface area contributed by atoms with Gasteiger partial charge in [0.15, 0.2) is 26.4 Å². The Morgan fingerprint density at radius 1 is 1.07 bits per heavy atom. The van der Waals surface area contributed by atoms with Gasteiger partial charge in [0.2, 0.25) is 0 Å². The number of aryl methyl sites for hydroxylation is 1. The number of aromatic nitrogens is 1. The van der Waals surface area contributed by atoms with Crippen LogP contribution in [0.2, 0.25) is 0 Å². The smallest absolute Gasteiger partial charge is 0.200 e. The van der Waals surface area contributed by atoms with Crippen LogP contribution < -0.4 is 14.8 Å². The first-order chi connectivity index (χ1) is 12.5. The zero-order valence-electron chi connectivity index (χ0n) is 17.0. The van der Waals surface area contributed by atoms with Crippen molar-refractivity contribution in [2.24, 2.45) is 0 Å². The second-order valence-corrected chi connectivity index (χ2v) is 10.1. The SMILES string of the molecule is COc1cc(C)c(C(C)Nc2ccc(S(=O)(=O)C(C)(C)C)nc2)cc1OC. The highest BCUT2D eigenvalue weighted by Gasteiger charge is 2.32. The van der Waals surface area contributed by atoms with E-state index in [0.717, 1.165) is 16.8 Å². The molecular weight excluding hydrogens is 364 g/mol. The molecule has 2 aromatic rings. The van der Waals surface area contributed by atoms with Crippen molar-refractivity contribution >= 4 is 15.5 Å². The topological polar surface area (TPSA) is 77.5 Å². The molecule has 0 aliphatic heterocycles. The van der Waals surface area contributed by atoms with E-state index in [1.807, 2.05) is 26.0 Å². The summed E-state index contributed by atoms with van der Waals surface area (Å²) in [6.45, 7) is 9.02. The Morgan fingerprint density at radius 3 is 2.15 bits per heavy atom. The lowest BCUT2D eigenvalue weighted by atomic mass is 10.0. The molecule has 0 saturated heterocycles. The largest absolute Gasteiger partial charge is 0.493 e. The van der Waals surface area contributed by atoms with Gasteiger partial charge in [-0.15, -0.1) is 0 Å². The van der Waals surface area contributed by atoms with Crippen LogP contribution in [0.3, 0.4) is 0 Å². The van der Waals surface area contributed by atoms with Gasteiger partial charge in [0.25, 0.3) is 0 Å². The number of hydrogen-bond acceptors (Lipinski definition) is 6. The Balaban J connectivity index is 2.26. The summed E-state index contributed by atoms with van der Waals surface area (Å²) in [6, 6.07) is 7.12. The molecule has 1 atom stereocenters. The Bertz CT molecular complexity index is 901. The van der Waals surface area contributed by atoms with E-state index in [9.17, 15) is 8.42 Å². The molecule has 0 spiro atoms. The molecule has 0 bridgehead atoms. The minimum atomic E-state index is -3.47. The highest BCUT2D eigenvalue weighted by atomic mass is 32.2. The number of nitrogens with zero attached hydrogens (tertiary/aromatic N) is 1. The lowest BCUT2D eigenvalue weighted by Crippen LogP contribution is -2.28. The Hall–Kier alpha value is -2.28. The highest BCUT2D eigenvalue weighted by Crippen LogP contribution is 2.34. The molecule has 0 saturated carbocycles. The molecule has 0 aliphatic rings. The molecule has 0 radical (unpaired) electrons. The summed E-state index contributed by atoms with van der Waals surface area (Å²) in [4.78, 5) is 4.15. The summed E-state index contributed by atoms with van der Waals surface area (Å²) in [7, 11) is -0.253. The van der Waals surface area contributed by atoms with Crippen molar-refractivity contribution in [2.75, 3.05) is 19.5 Å². The summed E-state index contributed by atoms with van der Waals surface area (Å²) in [6.07, 6.45) is 1.55. The summed E-state index contributed by atoms with van der Waals surface area (Å²) in [5.74, 6) is 1.35. The maximum atomic E-state index is 12.5. The second kappa shape index (κ2) is 7.76. The monoisotopic (exact) mass is 392 g/mol. The van der Waals surface area contributed by atoms with Crippen molar-refractivity contribution in [1.29, 1.82) is 0 Å². The van der Waals surface area contributed by atoms with E-state index < -0.39 is 14.6 Å². The molecular formula is C20H28N2O4S. The van der Waals surface area contributed by atoms with Gasteiger partial charge in [-0.2, -0.15) is 0 Å². The quantitative estimate of drug-likeness (QED) is 0.796. The third kappa shape index (κ3) is 4.35. The molecule has 0 amide bonds. The number of sulfone groups is 1. The van der Waals surface area contributed by atoms with Gasteiger partial charge >= 0.3 is 0 Å². The van der Waals surface area contributed by atoms with Gasteiger partial charge in [0.1, 0.15) is 0 Å². The second-order valence-electron chi connectivity index (χ2n) is 7.43. The molecule has 148 valence electrons. The first-order valence-corrected chi connectivity index (χ1v) is 10.2. The average Bonchev–Trinajstić information content (AvgIpc) is 2.60. The van der Waals surface area contributed by atoms with Crippen molar-refractivity contribution in [1.82, 2.24) is 4.98 Å². The van der Waals surface area contributed by atoms with Crippen LogP contribution in [-0.4, -0.2) is 32.4 Å². The molecule has 0 fully saturated rings. The van der Waals surface area contributed by atoms with Crippen LogP contribution >= 0.6 is 0 Å². The first kappa shape index (κ1) is 21.0. The fourth-order valence-corrected chi connectivity index (χ4v) is 3.80. The number of ether oxygens (including phenoxy) is 2. The van der Waals surface area contributed by atoms with E-state index in [4.69, 9.17) is 9.47 Å². The third-order valence-corrected chi connectivity index (χ3v) is 6.84. The van der Waals surface area contributed by atoms with Gasteiger partial charge in [0.05, 0.1) is 30.9 Å². The summed E-state index contributed by atoms with van der Waals surface area (Å²) < 4.78 is 34.8. The maximum Gasteiger partial charge on any atom is 0.200 e. The van der Waals surface area contributed by atoms with Gasteiger partial charge in [-0.25, -0.2) is 13.4 Å². The molecule has 1 unspecified atom stereocenters. The molecule has 7 heteroatoms. The maximum absolute atomic E-state index is 12.5. The van der Waals surface area contributed by atoms with Crippen LogP contribution in [0.15, 0.2) is 35.5 Å². The van der Waals surface area contributed by atoms with E-state index in [-0.39, 0.29) is 11.1 Å². The van der Waals surface area contributed by atoms with Crippen molar-refractivity contribution in [3.63, 3.8) is 0 Å². The number of anilines is 1. The number of benzene rings is 1. The van der Waals surface area contributed by atoms with Gasteiger partial charge in [-0.1, -0.05) is 0 Å². The number of pyridine rings is 1. The van der Waals surface area contributed by atoms with E-state index >= 15 is 0 Å². The van der Waals surface area contributed by atoms with Crippen LogP contribution in [0.4, 0.5) is 5.69 Å². The predicted molar refractivity (Wildman–Crippen MR) is 107 cm³/mol. The summed E-state index contributed by atoms with van der Waals surface area (Å²) in [5, 5.41) is 3.43. The number of nitrogens with one attached hydrogen (secondary N) is 1. The van der Waals surface area contributed by atoms with E-state index in [0.29, 0.717) is 11.5 Å². The van der Waals surface area contributed by atoms with Gasteiger partial charge in [-0.3, -0.25) is 0 Å². The molecule has 1 N–H and O–H groups in total. The first-order valence-electron chi connectivity index (χ1n) is 8.71. The van der Waals surface area contributed by atoms with Crippen LogP contribution in [0.1, 0.15) is 44.9 Å². The molecule has 1 heterocycles. The molecule has 1 aromatic heterocycles. The van der Waals surface area contributed by atoms with Crippen LogP contribution in [0, 0.1) is 6.92 Å². The minimum Gasteiger partial charge on any atom is -0.493 e. The Labute approximate surface area is 161 Å². The number of hydrogen-bond donors (Lipinski definition) is 1. The average molecular weight is 393 g/mol. The molecule has 27 heavy (non-hydrogen) atoms. The van der Waals surface area contributed by atoms with Gasteiger partial charge in [0, 0.05) is 6.04 Å². The number of methoxy groups -OCH3 is 2. The van der Waals surface area contributed by atoms with Gasteiger partial charge < -0.3 is 14.8 Å². The lowest BCUT2D eigenvalue weighted by Gasteiger charge is -2.21. The minimum absolute atomic E-state index is 0.0309. The van der Waals surface area contributed by atoms with Crippen molar-refractivity contribution < 1.29 is 17.9 Å². The highest BCUT2D eigenvalue weighted by molar-refractivity contribution is 7.92. The third-order valence-electron chi connectivity index (χ3n) is 4.44. The zero-order chi connectivity index (χ0) is 20.4. The van der Waals surface area contributed by atoms with Crippen molar-refractivity contribution in [3.05, 3.63) is 41.6 Å². The van der Waals surface area contributed by atoms with Crippen molar-refractivity contribution in [3.8, 4) is 11.5 Å². The lowest BCUT2D eigenvalue weighted by molar-refractivity contribution is 0.354. The summed E-state index contributed by atoms with van der Waals surface area (Å²) in [5.41, 5.74) is 2.86. The Morgan fingerprint density at radius 2 is 1.67 bits per heavy atom. The zero-order valence-corrected chi connectivity index (χ0v) is 17.8. The van der Waals surface area contributed by atoms with E-state index in [1.165, 1.54) is 6.07 Å². The molecule has 1 aromatic carbocycles. The van der Waals surface area contributed by atoms with E-state index in [2.05, 4.69) is 10.3 Å².